The van der Waals surface area contributed by atoms with Gasteiger partial charge in [-0.2, -0.15) is 0 Å². The van der Waals surface area contributed by atoms with Crippen LogP contribution >= 0.6 is 0 Å². The molecule has 2 atom stereocenters. The number of halogens is 3. The smallest absolute Gasteiger partial charge is 0.255 e. The Morgan fingerprint density at radius 2 is 1.68 bits per heavy atom. The minimum atomic E-state index is -1.07. The second-order valence-corrected chi connectivity index (χ2v) is 6.98. The molecule has 0 saturated carbocycles. The molecule has 0 aromatic heterocycles. The fourth-order valence-electron chi connectivity index (χ4n) is 3.32. The Hall–Kier alpha value is -3.20. The number of nitrogens with one attached hydrogen (secondary N) is 1. The summed E-state index contributed by atoms with van der Waals surface area (Å²) in [7, 11) is 0. The second kappa shape index (κ2) is 12.5. The summed E-state index contributed by atoms with van der Waals surface area (Å²) in [6.07, 6.45) is 0.747. The molecule has 1 aliphatic heterocycles. The molecule has 1 aliphatic rings. The number of nitrogens with zero attached hydrogens (tertiary/aromatic N) is 1. The second-order valence-electron chi connectivity index (χ2n) is 6.98. The molecule has 3 rings (SSSR count). The van der Waals surface area contributed by atoms with Crippen molar-refractivity contribution < 1.29 is 32.7 Å². The van der Waals surface area contributed by atoms with Crippen molar-refractivity contribution in [2.45, 2.75) is 25.9 Å². The average molecular weight is 438 g/mol. The van der Waals surface area contributed by atoms with Crippen LogP contribution in [0.2, 0.25) is 0 Å². The van der Waals surface area contributed by atoms with E-state index in [2.05, 4.69) is 5.32 Å². The van der Waals surface area contributed by atoms with E-state index < -0.39 is 29.5 Å². The van der Waals surface area contributed by atoms with Gasteiger partial charge in [-0.15, -0.1) is 0 Å². The quantitative estimate of drug-likeness (QED) is 0.765. The molecule has 168 valence electrons. The Morgan fingerprint density at radius 1 is 1.03 bits per heavy atom. The van der Waals surface area contributed by atoms with E-state index in [1.807, 2.05) is 25.4 Å². The van der Waals surface area contributed by atoms with Gasteiger partial charge in [0.15, 0.2) is 11.6 Å². The lowest BCUT2D eigenvalue weighted by molar-refractivity contribution is -0.0987. The number of carbonyl (C=O) groups is 3. The van der Waals surface area contributed by atoms with E-state index in [4.69, 9.17) is 9.59 Å². The van der Waals surface area contributed by atoms with Crippen molar-refractivity contribution in [2.24, 2.45) is 5.92 Å². The van der Waals surface area contributed by atoms with Crippen LogP contribution in [0.3, 0.4) is 0 Å². The molecule has 31 heavy (non-hydrogen) atoms. The van der Waals surface area contributed by atoms with Crippen molar-refractivity contribution in [3.05, 3.63) is 59.4 Å². The van der Waals surface area contributed by atoms with Gasteiger partial charge in [-0.3, -0.25) is 4.79 Å². The summed E-state index contributed by atoms with van der Waals surface area (Å²) in [6.45, 7) is 7.04. The van der Waals surface area contributed by atoms with Gasteiger partial charge in [-0.05, 0) is 49.1 Å². The van der Waals surface area contributed by atoms with E-state index in [0.29, 0.717) is 25.9 Å². The van der Waals surface area contributed by atoms with E-state index in [1.165, 1.54) is 24.3 Å². The van der Waals surface area contributed by atoms with Crippen LogP contribution in [0.5, 0.6) is 0 Å². The van der Waals surface area contributed by atoms with Gasteiger partial charge in [0.25, 0.3) is 5.91 Å². The van der Waals surface area contributed by atoms with Crippen LogP contribution in [-0.2, 0) is 9.59 Å². The van der Waals surface area contributed by atoms with Crippen LogP contribution in [0.1, 0.15) is 30.1 Å². The van der Waals surface area contributed by atoms with E-state index >= 15 is 0 Å². The number of benzene rings is 2. The van der Waals surface area contributed by atoms with Crippen LogP contribution in [-0.4, -0.2) is 43.8 Å². The van der Waals surface area contributed by atoms with Crippen LogP contribution in [0.15, 0.2) is 36.4 Å². The number of aliphatic hydroxyl groups is 1. The summed E-state index contributed by atoms with van der Waals surface area (Å²) in [4.78, 5) is 30.3. The van der Waals surface area contributed by atoms with E-state index in [0.717, 1.165) is 12.1 Å². The van der Waals surface area contributed by atoms with Crippen molar-refractivity contribution in [3.63, 3.8) is 0 Å². The number of rotatable bonds is 3. The third kappa shape index (κ3) is 7.21. The fraction of sp³-hybridized carbons (Fsp3) is 0.318. The molecule has 0 aliphatic carbocycles. The van der Waals surface area contributed by atoms with Gasteiger partial charge >= 0.3 is 0 Å². The monoisotopic (exact) mass is 438 g/mol. The molecule has 1 saturated heterocycles. The Bertz CT molecular complexity index is 880. The first kappa shape index (κ1) is 25.8. The number of aliphatic hydroxyl groups excluding tert-OH is 1. The Labute approximate surface area is 178 Å². The summed E-state index contributed by atoms with van der Waals surface area (Å²) in [5, 5.41) is 12.4. The zero-order valence-corrected chi connectivity index (χ0v) is 17.1. The minimum absolute atomic E-state index is 0.108. The van der Waals surface area contributed by atoms with Crippen LogP contribution in [0.4, 0.5) is 24.5 Å². The molecule has 2 N–H and O–H groups in total. The third-order valence-electron chi connectivity index (χ3n) is 4.67. The molecule has 1 fully saturated rings. The molecule has 0 spiro atoms. The highest BCUT2D eigenvalue weighted by Crippen LogP contribution is 2.27. The standard InChI is InChI=1S/C20H21F3N2O2.2CH2O/c1-12-8-15(26)6-7-25(11-12)19-9-13(2-4-17(19)22)20(27)24-14-3-5-16(21)18(23)10-14;2*1-2/h2-5,9-10,12,15,26H,6-8,11H2,1H3,(H,24,27);2*1H2. The molecule has 2 aromatic rings. The zero-order chi connectivity index (χ0) is 23.6. The van der Waals surface area contributed by atoms with Gasteiger partial charge in [0, 0.05) is 30.4 Å². The molecule has 0 radical (unpaired) electrons. The molecule has 6 nitrogen and oxygen atoms in total. The molecule has 1 amide bonds. The highest BCUT2D eigenvalue weighted by Gasteiger charge is 2.23. The summed E-state index contributed by atoms with van der Waals surface area (Å²) in [6, 6.07) is 7.04. The lowest BCUT2D eigenvalue weighted by Gasteiger charge is -2.25. The topological polar surface area (TPSA) is 86.7 Å². The highest BCUT2D eigenvalue weighted by molar-refractivity contribution is 6.04. The van der Waals surface area contributed by atoms with E-state index in [-0.39, 0.29) is 22.9 Å². The Kier molecular flexibility index (Phi) is 10.4. The SMILES string of the molecule is C=O.C=O.CC1CC(O)CCN(c2cc(C(=O)Nc3ccc(F)c(F)c3)ccc2F)C1. The van der Waals surface area contributed by atoms with E-state index in [1.54, 1.807) is 0 Å². The molecular weight excluding hydrogens is 413 g/mol. The van der Waals surface area contributed by atoms with Crippen molar-refractivity contribution in [1.29, 1.82) is 0 Å². The normalized spacial score (nSPS) is 17.9. The van der Waals surface area contributed by atoms with Gasteiger partial charge in [-0.1, -0.05) is 6.92 Å². The predicted octanol–water partition coefficient (Wildman–Crippen LogP) is 3.58. The zero-order valence-electron chi connectivity index (χ0n) is 17.1. The maximum absolute atomic E-state index is 14.4. The van der Waals surface area contributed by atoms with Gasteiger partial charge in [0.2, 0.25) is 0 Å². The van der Waals surface area contributed by atoms with Crippen molar-refractivity contribution in [1.82, 2.24) is 0 Å². The summed E-state index contributed by atoms with van der Waals surface area (Å²) in [5.74, 6) is -2.89. The average Bonchev–Trinajstić information content (AvgIpc) is 2.93. The molecular formula is C22H25F3N2O4. The summed E-state index contributed by atoms with van der Waals surface area (Å²) in [5.41, 5.74) is 0.596. The number of anilines is 2. The molecule has 0 bridgehead atoms. The number of hydrogen-bond donors (Lipinski definition) is 2. The van der Waals surface area contributed by atoms with Gasteiger partial charge in [0.05, 0.1) is 11.8 Å². The van der Waals surface area contributed by atoms with Crippen molar-refractivity contribution in [3.8, 4) is 0 Å². The van der Waals surface area contributed by atoms with Crippen molar-refractivity contribution >= 4 is 30.9 Å². The third-order valence-corrected chi connectivity index (χ3v) is 4.67. The van der Waals surface area contributed by atoms with Gasteiger partial charge in [-0.25, -0.2) is 13.2 Å². The lowest BCUT2D eigenvalue weighted by atomic mass is 10.0. The first-order valence-electron chi connectivity index (χ1n) is 9.40. The van der Waals surface area contributed by atoms with Crippen molar-refractivity contribution in [2.75, 3.05) is 23.3 Å². The molecule has 1 heterocycles. The minimum Gasteiger partial charge on any atom is -0.393 e. The van der Waals surface area contributed by atoms with E-state index in [9.17, 15) is 23.1 Å². The van der Waals surface area contributed by atoms with Crippen LogP contribution in [0.25, 0.3) is 0 Å². The lowest BCUT2D eigenvalue weighted by Crippen LogP contribution is -2.28. The maximum Gasteiger partial charge on any atom is 0.255 e. The first-order chi connectivity index (χ1) is 14.8. The van der Waals surface area contributed by atoms with Gasteiger partial charge < -0.3 is 24.9 Å². The van der Waals surface area contributed by atoms with Gasteiger partial charge in [0.1, 0.15) is 19.4 Å². The number of hydrogen-bond acceptors (Lipinski definition) is 5. The molecule has 2 aromatic carbocycles. The van der Waals surface area contributed by atoms with Crippen LogP contribution < -0.4 is 10.2 Å². The maximum atomic E-state index is 14.4. The Balaban J connectivity index is 0.00000113. The summed E-state index contributed by atoms with van der Waals surface area (Å²) >= 11 is 0. The van der Waals surface area contributed by atoms with Crippen LogP contribution in [0, 0.1) is 23.4 Å². The molecule has 2 unspecified atom stereocenters. The predicted molar refractivity (Wildman–Crippen MR) is 112 cm³/mol. The fourth-order valence-corrected chi connectivity index (χ4v) is 3.32. The Morgan fingerprint density at radius 3 is 2.32 bits per heavy atom. The number of carbonyl (C=O) groups excluding carboxylic acids is 3. The number of amides is 1. The first-order valence-corrected chi connectivity index (χ1v) is 9.40. The largest absolute Gasteiger partial charge is 0.393 e. The molecule has 9 heteroatoms. The summed E-state index contributed by atoms with van der Waals surface area (Å²) < 4.78 is 40.7. The highest BCUT2D eigenvalue weighted by atomic mass is 19.2.